The molecule has 1 atom stereocenters. The van der Waals surface area contributed by atoms with Crippen molar-refractivity contribution >= 4 is 0 Å². The van der Waals surface area contributed by atoms with E-state index in [1.807, 2.05) is 0 Å². The molecule has 100 valence electrons. The molecule has 1 aliphatic heterocycles. The third-order valence-corrected chi connectivity index (χ3v) is 3.19. The van der Waals surface area contributed by atoms with E-state index in [1.54, 1.807) is 0 Å². The van der Waals surface area contributed by atoms with Gasteiger partial charge >= 0.3 is 0 Å². The Hall–Kier alpha value is -1.72. The van der Waals surface area contributed by atoms with Gasteiger partial charge in [-0.05, 0) is 12.5 Å². The molecule has 1 fully saturated rings. The van der Waals surface area contributed by atoms with Crippen LogP contribution in [0.3, 0.4) is 0 Å². The van der Waals surface area contributed by atoms with E-state index in [4.69, 9.17) is 9.26 Å². The highest BCUT2D eigenvalue weighted by molar-refractivity contribution is 5.23. The third-order valence-electron chi connectivity index (χ3n) is 3.19. The fourth-order valence-corrected chi connectivity index (χ4v) is 2.09. The summed E-state index contributed by atoms with van der Waals surface area (Å²) < 4.78 is 10.7. The van der Waals surface area contributed by atoms with Crippen LogP contribution in [0, 0.1) is 6.92 Å². The number of morpholine rings is 1. The lowest BCUT2D eigenvalue weighted by molar-refractivity contribution is 0.0734. The van der Waals surface area contributed by atoms with Crippen molar-refractivity contribution in [1.82, 2.24) is 15.5 Å². The second-order valence-electron chi connectivity index (χ2n) is 4.79. The quantitative estimate of drug-likeness (QED) is 0.907. The number of benzene rings is 1. The van der Waals surface area contributed by atoms with Gasteiger partial charge in [-0.25, -0.2) is 0 Å². The molecule has 0 spiro atoms. The van der Waals surface area contributed by atoms with Crippen molar-refractivity contribution in [3.63, 3.8) is 0 Å². The van der Waals surface area contributed by atoms with Crippen molar-refractivity contribution in [2.45, 2.75) is 19.4 Å². The molecule has 1 unspecified atom stereocenters. The molecule has 3 rings (SSSR count). The summed E-state index contributed by atoms with van der Waals surface area (Å²) in [5, 5.41) is 7.34. The van der Waals surface area contributed by atoms with Gasteiger partial charge in [-0.3, -0.25) is 0 Å². The summed E-state index contributed by atoms with van der Waals surface area (Å²) in [7, 11) is 0. The number of rotatable bonds is 3. The maximum Gasteiger partial charge on any atom is 0.231 e. The van der Waals surface area contributed by atoms with Gasteiger partial charge in [0.15, 0.2) is 5.82 Å². The van der Waals surface area contributed by atoms with Crippen LogP contribution < -0.4 is 5.32 Å². The number of hydrogen-bond acceptors (Lipinski definition) is 5. The monoisotopic (exact) mass is 259 g/mol. The maximum atomic E-state index is 5.39. The van der Waals surface area contributed by atoms with E-state index in [9.17, 15) is 0 Å². The van der Waals surface area contributed by atoms with E-state index < -0.39 is 0 Å². The van der Waals surface area contributed by atoms with Crippen molar-refractivity contribution in [2.75, 3.05) is 19.8 Å². The average Bonchev–Trinajstić information content (AvgIpc) is 2.91. The summed E-state index contributed by atoms with van der Waals surface area (Å²) in [6, 6.07) is 8.39. The first-order valence-corrected chi connectivity index (χ1v) is 6.50. The zero-order valence-electron chi connectivity index (χ0n) is 10.9. The molecule has 1 aromatic heterocycles. The standard InChI is InChI=1S/C14H17N3O2/c1-10-2-4-11(5-3-10)8-13-16-14(17-19-13)12-9-18-7-6-15-12/h2-5,12,15H,6-9H2,1H3. The Morgan fingerprint density at radius 1 is 1.32 bits per heavy atom. The molecule has 1 aromatic carbocycles. The Labute approximate surface area is 112 Å². The lowest BCUT2D eigenvalue weighted by atomic mass is 10.1. The highest BCUT2D eigenvalue weighted by Crippen LogP contribution is 2.14. The van der Waals surface area contributed by atoms with Gasteiger partial charge in [0.2, 0.25) is 5.89 Å². The second kappa shape index (κ2) is 5.50. The normalized spacial score (nSPS) is 19.5. The van der Waals surface area contributed by atoms with Crippen LogP contribution in [0.15, 0.2) is 28.8 Å². The largest absolute Gasteiger partial charge is 0.378 e. The molecule has 5 nitrogen and oxygen atoms in total. The lowest BCUT2D eigenvalue weighted by Crippen LogP contribution is -2.35. The van der Waals surface area contributed by atoms with E-state index in [0.29, 0.717) is 24.7 Å². The van der Waals surface area contributed by atoms with Gasteiger partial charge in [0, 0.05) is 6.54 Å². The Bertz CT molecular complexity index is 530. The van der Waals surface area contributed by atoms with E-state index in [-0.39, 0.29) is 6.04 Å². The third kappa shape index (κ3) is 3.00. The first kappa shape index (κ1) is 12.3. The van der Waals surface area contributed by atoms with E-state index >= 15 is 0 Å². The minimum absolute atomic E-state index is 0.0456. The predicted octanol–water partition coefficient (Wildman–Crippen LogP) is 1.63. The highest BCUT2D eigenvalue weighted by Gasteiger charge is 2.20. The molecule has 5 heteroatoms. The van der Waals surface area contributed by atoms with Crippen LogP contribution in [0.2, 0.25) is 0 Å². The van der Waals surface area contributed by atoms with Crippen LogP contribution >= 0.6 is 0 Å². The summed E-state index contributed by atoms with van der Waals surface area (Å²) in [4.78, 5) is 4.43. The molecule has 0 amide bonds. The van der Waals surface area contributed by atoms with E-state index in [1.165, 1.54) is 11.1 Å². The van der Waals surface area contributed by atoms with Crippen LogP contribution in [0.5, 0.6) is 0 Å². The van der Waals surface area contributed by atoms with E-state index in [2.05, 4.69) is 46.6 Å². The number of nitrogens with zero attached hydrogens (tertiary/aromatic N) is 2. The first-order valence-electron chi connectivity index (χ1n) is 6.50. The summed E-state index contributed by atoms with van der Waals surface area (Å²) in [6.07, 6.45) is 0.668. The molecular formula is C14H17N3O2. The zero-order chi connectivity index (χ0) is 13.1. The van der Waals surface area contributed by atoms with Crippen LogP contribution in [0.4, 0.5) is 0 Å². The second-order valence-corrected chi connectivity index (χ2v) is 4.79. The van der Waals surface area contributed by atoms with Gasteiger partial charge in [-0.2, -0.15) is 4.98 Å². The van der Waals surface area contributed by atoms with Crippen molar-refractivity contribution in [3.05, 3.63) is 47.1 Å². The van der Waals surface area contributed by atoms with Crippen molar-refractivity contribution in [3.8, 4) is 0 Å². The lowest BCUT2D eigenvalue weighted by Gasteiger charge is -2.20. The smallest absolute Gasteiger partial charge is 0.231 e. The summed E-state index contributed by atoms with van der Waals surface area (Å²) in [5.41, 5.74) is 2.42. The molecular weight excluding hydrogens is 242 g/mol. The predicted molar refractivity (Wildman–Crippen MR) is 69.8 cm³/mol. The molecule has 19 heavy (non-hydrogen) atoms. The Kier molecular flexibility index (Phi) is 3.57. The zero-order valence-corrected chi connectivity index (χ0v) is 10.9. The number of aromatic nitrogens is 2. The summed E-state index contributed by atoms with van der Waals surface area (Å²) in [5.74, 6) is 1.33. The SMILES string of the molecule is Cc1ccc(Cc2nc(C3COCCN3)no2)cc1. The fraction of sp³-hybridized carbons (Fsp3) is 0.429. The van der Waals surface area contributed by atoms with Crippen molar-refractivity contribution < 1.29 is 9.26 Å². The fourth-order valence-electron chi connectivity index (χ4n) is 2.09. The number of nitrogens with one attached hydrogen (secondary N) is 1. The molecule has 1 aliphatic rings. The molecule has 1 N–H and O–H groups in total. The highest BCUT2D eigenvalue weighted by atomic mass is 16.5. The summed E-state index contributed by atoms with van der Waals surface area (Å²) >= 11 is 0. The number of hydrogen-bond donors (Lipinski definition) is 1. The number of aryl methyl sites for hydroxylation is 1. The minimum atomic E-state index is 0.0456. The van der Waals surface area contributed by atoms with Gasteiger partial charge < -0.3 is 14.6 Å². The van der Waals surface area contributed by atoms with Gasteiger partial charge in [0.05, 0.1) is 25.7 Å². The van der Waals surface area contributed by atoms with Gasteiger partial charge in [-0.15, -0.1) is 0 Å². The van der Waals surface area contributed by atoms with Crippen LogP contribution in [0.25, 0.3) is 0 Å². The molecule has 2 aromatic rings. The summed E-state index contributed by atoms with van der Waals surface area (Å²) in [6.45, 7) is 4.24. The molecule has 1 saturated heterocycles. The maximum absolute atomic E-state index is 5.39. The van der Waals surface area contributed by atoms with Crippen LogP contribution in [-0.2, 0) is 11.2 Å². The van der Waals surface area contributed by atoms with Gasteiger partial charge in [-0.1, -0.05) is 35.0 Å². The average molecular weight is 259 g/mol. The molecule has 2 heterocycles. The van der Waals surface area contributed by atoms with E-state index in [0.717, 1.165) is 13.2 Å². The topological polar surface area (TPSA) is 60.2 Å². The molecule has 0 bridgehead atoms. The van der Waals surface area contributed by atoms with Crippen LogP contribution in [0.1, 0.15) is 28.9 Å². The molecule has 0 aliphatic carbocycles. The first-order chi connectivity index (χ1) is 9.31. The Balaban J connectivity index is 1.68. The van der Waals surface area contributed by atoms with Crippen LogP contribution in [-0.4, -0.2) is 29.9 Å². The molecule has 0 saturated carbocycles. The Morgan fingerprint density at radius 2 is 2.16 bits per heavy atom. The Morgan fingerprint density at radius 3 is 2.89 bits per heavy atom. The van der Waals surface area contributed by atoms with Crippen molar-refractivity contribution in [1.29, 1.82) is 0 Å². The van der Waals surface area contributed by atoms with Gasteiger partial charge in [0.1, 0.15) is 0 Å². The molecule has 0 radical (unpaired) electrons. The number of ether oxygens (including phenoxy) is 1. The minimum Gasteiger partial charge on any atom is -0.378 e. The van der Waals surface area contributed by atoms with Crippen molar-refractivity contribution in [2.24, 2.45) is 0 Å². The van der Waals surface area contributed by atoms with Gasteiger partial charge in [0.25, 0.3) is 0 Å².